The molecule has 20 heavy (non-hydrogen) atoms. The highest BCUT2D eigenvalue weighted by molar-refractivity contribution is 6.33. The molecule has 0 spiro atoms. The lowest BCUT2D eigenvalue weighted by molar-refractivity contribution is 0.397. The van der Waals surface area contributed by atoms with E-state index >= 15 is 0 Å². The molecule has 0 unspecified atom stereocenters. The van der Waals surface area contributed by atoms with Crippen LogP contribution in [0.4, 0.5) is 0 Å². The largest absolute Gasteiger partial charge is 0.480 e. The van der Waals surface area contributed by atoms with Gasteiger partial charge in [-0.2, -0.15) is 0 Å². The predicted molar refractivity (Wildman–Crippen MR) is 74.5 cm³/mol. The summed E-state index contributed by atoms with van der Waals surface area (Å²) in [4.78, 5) is 4.10. The summed E-state index contributed by atoms with van der Waals surface area (Å²) in [5, 5.41) is 8.59. The Hall–Kier alpha value is -2.40. The molecule has 3 rings (SSSR count). The van der Waals surface area contributed by atoms with E-state index < -0.39 is 0 Å². The molecule has 0 fully saturated rings. The van der Waals surface area contributed by atoms with Gasteiger partial charge in [-0.15, -0.1) is 10.2 Å². The molecule has 2 heterocycles. The molecule has 0 aliphatic heterocycles. The quantitative estimate of drug-likeness (QED) is 0.738. The molecule has 5 nitrogen and oxygen atoms in total. The van der Waals surface area contributed by atoms with E-state index in [1.807, 2.05) is 18.2 Å². The van der Waals surface area contributed by atoms with Crippen molar-refractivity contribution < 1.29 is 9.15 Å². The summed E-state index contributed by atoms with van der Waals surface area (Å²) < 4.78 is 10.8. The minimum atomic E-state index is 0.338. The average molecular weight is 288 g/mol. The molecule has 0 saturated heterocycles. The van der Waals surface area contributed by atoms with Gasteiger partial charge in [0.25, 0.3) is 5.89 Å². The number of rotatable bonds is 3. The van der Waals surface area contributed by atoms with Crippen LogP contribution >= 0.6 is 11.6 Å². The maximum atomic E-state index is 6.11. The lowest BCUT2D eigenvalue weighted by Crippen LogP contribution is -1.90. The van der Waals surface area contributed by atoms with Gasteiger partial charge in [-0.1, -0.05) is 23.7 Å². The second-order valence-electron chi connectivity index (χ2n) is 3.95. The summed E-state index contributed by atoms with van der Waals surface area (Å²) in [5.74, 6) is 1.13. The SMILES string of the molecule is COc1ncccc1-c1nnc(-c2ccccc2Cl)o1. The summed E-state index contributed by atoms with van der Waals surface area (Å²) >= 11 is 6.11. The van der Waals surface area contributed by atoms with E-state index in [1.54, 1.807) is 24.4 Å². The Morgan fingerprint density at radius 1 is 1.00 bits per heavy atom. The summed E-state index contributed by atoms with van der Waals surface area (Å²) in [6.07, 6.45) is 1.63. The first-order valence-corrected chi connectivity index (χ1v) is 6.25. The predicted octanol–water partition coefficient (Wildman–Crippen LogP) is 3.46. The van der Waals surface area contributed by atoms with Crippen LogP contribution in [0.2, 0.25) is 5.02 Å². The molecular weight excluding hydrogens is 278 g/mol. The van der Waals surface area contributed by atoms with Crippen LogP contribution in [0, 0.1) is 0 Å². The van der Waals surface area contributed by atoms with Gasteiger partial charge in [-0.05, 0) is 24.3 Å². The van der Waals surface area contributed by atoms with Gasteiger partial charge in [0, 0.05) is 6.20 Å². The zero-order chi connectivity index (χ0) is 13.9. The number of aromatic nitrogens is 3. The van der Waals surface area contributed by atoms with Crippen LogP contribution in [-0.2, 0) is 0 Å². The van der Waals surface area contributed by atoms with Gasteiger partial charge in [0.1, 0.15) is 5.56 Å². The number of benzene rings is 1. The third-order valence-electron chi connectivity index (χ3n) is 2.72. The molecule has 0 aliphatic carbocycles. The van der Waals surface area contributed by atoms with Gasteiger partial charge >= 0.3 is 0 Å². The zero-order valence-electron chi connectivity index (χ0n) is 10.6. The maximum Gasteiger partial charge on any atom is 0.253 e. The van der Waals surface area contributed by atoms with Gasteiger partial charge in [-0.25, -0.2) is 4.98 Å². The van der Waals surface area contributed by atoms with Crippen LogP contribution in [-0.4, -0.2) is 22.3 Å². The van der Waals surface area contributed by atoms with E-state index in [0.29, 0.717) is 33.8 Å². The van der Waals surface area contributed by atoms with Crippen molar-refractivity contribution in [3.05, 3.63) is 47.6 Å². The van der Waals surface area contributed by atoms with E-state index in [4.69, 9.17) is 20.8 Å². The van der Waals surface area contributed by atoms with Crippen molar-refractivity contribution in [3.8, 4) is 28.8 Å². The van der Waals surface area contributed by atoms with Crippen molar-refractivity contribution in [2.45, 2.75) is 0 Å². The second-order valence-corrected chi connectivity index (χ2v) is 4.36. The fraction of sp³-hybridized carbons (Fsp3) is 0.0714. The number of methoxy groups -OCH3 is 1. The van der Waals surface area contributed by atoms with Crippen molar-refractivity contribution >= 4 is 11.6 Å². The topological polar surface area (TPSA) is 61.0 Å². The molecule has 0 aliphatic rings. The summed E-state index contributed by atoms with van der Waals surface area (Å²) in [7, 11) is 1.54. The number of ether oxygens (including phenoxy) is 1. The normalized spacial score (nSPS) is 10.5. The smallest absolute Gasteiger partial charge is 0.253 e. The Morgan fingerprint density at radius 2 is 1.70 bits per heavy atom. The Balaban J connectivity index is 2.05. The molecule has 0 atom stereocenters. The second kappa shape index (κ2) is 5.30. The summed E-state index contributed by atoms with van der Waals surface area (Å²) in [5.41, 5.74) is 1.33. The molecule has 3 aromatic rings. The minimum absolute atomic E-state index is 0.338. The minimum Gasteiger partial charge on any atom is -0.480 e. The van der Waals surface area contributed by atoms with Gasteiger partial charge in [-0.3, -0.25) is 0 Å². The average Bonchev–Trinajstić information content (AvgIpc) is 2.97. The highest BCUT2D eigenvalue weighted by atomic mass is 35.5. The molecule has 0 radical (unpaired) electrons. The first-order chi connectivity index (χ1) is 9.79. The van der Waals surface area contributed by atoms with Gasteiger partial charge in [0.2, 0.25) is 11.8 Å². The monoisotopic (exact) mass is 287 g/mol. The van der Waals surface area contributed by atoms with Crippen LogP contribution in [0.25, 0.3) is 22.9 Å². The number of hydrogen-bond donors (Lipinski definition) is 0. The standard InChI is InChI=1S/C14H10ClN3O2/c1-19-12-10(6-4-8-16-12)14-18-17-13(20-14)9-5-2-3-7-11(9)15/h2-8H,1H3. The maximum absolute atomic E-state index is 6.11. The van der Waals surface area contributed by atoms with E-state index in [2.05, 4.69) is 15.2 Å². The molecular formula is C14H10ClN3O2. The van der Waals surface area contributed by atoms with Crippen LogP contribution < -0.4 is 4.74 Å². The highest BCUT2D eigenvalue weighted by Crippen LogP contribution is 2.31. The summed E-state index contributed by atoms with van der Waals surface area (Å²) in [6.45, 7) is 0. The van der Waals surface area contributed by atoms with Crippen LogP contribution in [0.15, 0.2) is 47.0 Å². The molecule has 0 amide bonds. The molecule has 100 valence electrons. The summed E-state index contributed by atoms with van der Waals surface area (Å²) in [6, 6.07) is 10.9. The third kappa shape index (κ3) is 2.23. The number of hydrogen-bond acceptors (Lipinski definition) is 5. The van der Waals surface area contributed by atoms with Gasteiger partial charge < -0.3 is 9.15 Å². The van der Waals surface area contributed by atoms with Crippen molar-refractivity contribution in [2.24, 2.45) is 0 Å². The number of halogens is 1. The third-order valence-corrected chi connectivity index (χ3v) is 3.05. The Labute approximate surface area is 120 Å². The van der Waals surface area contributed by atoms with Crippen molar-refractivity contribution in [3.63, 3.8) is 0 Å². The molecule has 1 aromatic carbocycles. The fourth-order valence-electron chi connectivity index (χ4n) is 1.79. The van der Waals surface area contributed by atoms with E-state index in [0.717, 1.165) is 0 Å². The van der Waals surface area contributed by atoms with Gasteiger partial charge in [0.15, 0.2) is 0 Å². The first kappa shape index (κ1) is 12.6. The molecule has 0 bridgehead atoms. The number of nitrogens with zero attached hydrogens (tertiary/aromatic N) is 3. The van der Waals surface area contributed by atoms with Crippen molar-refractivity contribution in [2.75, 3.05) is 7.11 Å². The molecule has 6 heteroatoms. The molecule has 0 saturated carbocycles. The van der Waals surface area contributed by atoms with Crippen molar-refractivity contribution in [1.82, 2.24) is 15.2 Å². The lowest BCUT2D eigenvalue weighted by Gasteiger charge is -2.02. The van der Waals surface area contributed by atoms with Crippen LogP contribution in [0.1, 0.15) is 0 Å². The fourth-order valence-corrected chi connectivity index (χ4v) is 2.01. The molecule has 0 N–H and O–H groups in total. The highest BCUT2D eigenvalue weighted by Gasteiger charge is 2.16. The zero-order valence-corrected chi connectivity index (χ0v) is 11.3. The molecule has 2 aromatic heterocycles. The Kier molecular flexibility index (Phi) is 3.35. The van der Waals surface area contributed by atoms with Crippen LogP contribution in [0.5, 0.6) is 5.88 Å². The van der Waals surface area contributed by atoms with E-state index in [1.165, 1.54) is 7.11 Å². The first-order valence-electron chi connectivity index (χ1n) is 5.87. The van der Waals surface area contributed by atoms with E-state index in [9.17, 15) is 0 Å². The Morgan fingerprint density at radius 3 is 2.45 bits per heavy atom. The van der Waals surface area contributed by atoms with E-state index in [-0.39, 0.29) is 0 Å². The van der Waals surface area contributed by atoms with Crippen molar-refractivity contribution in [1.29, 1.82) is 0 Å². The lowest BCUT2D eigenvalue weighted by atomic mass is 10.2. The van der Waals surface area contributed by atoms with Gasteiger partial charge in [0.05, 0.1) is 17.7 Å². The van der Waals surface area contributed by atoms with Crippen LogP contribution in [0.3, 0.4) is 0 Å². The Bertz CT molecular complexity index is 743. The number of pyridine rings is 1.